The molecule has 3 aromatic rings. The Hall–Kier alpha value is -3.84. The van der Waals surface area contributed by atoms with Gasteiger partial charge in [-0.1, -0.05) is 55.5 Å². The molecule has 1 heterocycles. The standard InChI is InChI=1S/C29H31NO6/c1-4-24(21-8-6-5-7-9-21)30-25(29(32)33-3)16-20-10-15-26-27(17-20)34-18-28(36-26)22-11-13-23(14-12-22)35-19(2)31/h5-15,17,24-25,28,30H,4,16,18H2,1-3H3. The maximum Gasteiger partial charge on any atom is 0.323 e. The molecule has 0 amide bonds. The summed E-state index contributed by atoms with van der Waals surface area (Å²) in [5.41, 5.74) is 2.98. The average molecular weight is 490 g/mol. The van der Waals surface area contributed by atoms with Gasteiger partial charge in [0.25, 0.3) is 0 Å². The van der Waals surface area contributed by atoms with Gasteiger partial charge in [0, 0.05) is 13.0 Å². The van der Waals surface area contributed by atoms with E-state index in [9.17, 15) is 9.59 Å². The van der Waals surface area contributed by atoms with Crippen molar-refractivity contribution in [3.05, 3.63) is 89.5 Å². The molecule has 3 aromatic carbocycles. The van der Waals surface area contributed by atoms with E-state index in [1.165, 1.54) is 14.0 Å². The van der Waals surface area contributed by atoms with Crippen molar-refractivity contribution in [2.24, 2.45) is 0 Å². The monoisotopic (exact) mass is 489 g/mol. The predicted molar refractivity (Wildman–Crippen MR) is 135 cm³/mol. The highest BCUT2D eigenvalue weighted by molar-refractivity contribution is 5.76. The summed E-state index contributed by atoms with van der Waals surface area (Å²) in [6.45, 7) is 3.80. The van der Waals surface area contributed by atoms with Gasteiger partial charge in [0.15, 0.2) is 17.6 Å². The highest BCUT2D eigenvalue weighted by Gasteiger charge is 2.26. The van der Waals surface area contributed by atoms with Gasteiger partial charge in [0.1, 0.15) is 18.4 Å². The molecule has 1 aliphatic rings. The molecule has 7 nitrogen and oxygen atoms in total. The van der Waals surface area contributed by atoms with Crippen molar-refractivity contribution in [2.45, 2.75) is 44.9 Å². The summed E-state index contributed by atoms with van der Waals surface area (Å²) >= 11 is 0. The van der Waals surface area contributed by atoms with Gasteiger partial charge in [-0.2, -0.15) is 0 Å². The minimum atomic E-state index is -0.508. The second-order valence-electron chi connectivity index (χ2n) is 8.68. The van der Waals surface area contributed by atoms with Crippen LogP contribution in [-0.4, -0.2) is 31.7 Å². The summed E-state index contributed by atoms with van der Waals surface area (Å²) in [5.74, 6) is 1.09. The molecule has 1 N–H and O–H groups in total. The lowest BCUT2D eigenvalue weighted by atomic mass is 10.00. The minimum Gasteiger partial charge on any atom is -0.485 e. The number of esters is 2. The average Bonchev–Trinajstić information content (AvgIpc) is 2.90. The Morgan fingerprint density at radius 2 is 1.78 bits per heavy atom. The van der Waals surface area contributed by atoms with Gasteiger partial charge in [-0.15, -0.1) is 0 Å². The molecule has 36 heavy (non-hydrogen) atoms. The van der Waals surface area contributed by atoms with Crippen molar-refractivity contribution in [1.29, 1.82) is 0 Å². The lowest BCUT2D eigenvalue weighted by Crippen LogP contribution is -2.41. The van der Waals surface area contributed by atoms with Crippen molar-refractivity contribution in [2.75, 3.05) is 13.7 Å². The molecule has 1 aliphatic heterocycles. The number of nitrogens with one attached hydrogen (secondary N) is 1. The van der Waals surface area contributed by atoms with Crippen LogP contribution >= 0.6 is 0 Å². The third-order valence-corrected chi connectivity index (χ3v) is 6.12. The first-order chi connectivity index (χ1) is 17.5. The van der Waals surface area contributed by atoms with Crippen LogP contribution in [0, 0.1) is 0 Å². The summed E-state index contributed by atoms with van der Waals surface area (Å²) in [7, 11) is 1.41. The summed E-state index contributed by atoms with van der Waals surface area (Å²) in [6, 6.07) is 22.5. The van der Waals surface area contributed by atoms with E-state index in [-0.39, 0.29) is 24.1 Å². The number of carbonyl (C=O) groups excluding carboxylic acids is 2. The third-order valence-electron chi connectivity index (χ3n) is 6.12. The van der Waals surface area contributed by atoms with Gasteiger partial charge in [-0.25, -0.2) is 0 Å². The van der Waals surface area contributed by atoms with Crippen molar-refractivity contribution in [1.82, 2.24) is 5.32 Å². The van der Waals surface area contributed by atoms with E-state index in [0.717, 1.165) is 23.1 Å². The zero-order valence-corrected chi connectivity index (χ0v) is 20.7. The van der Waals surface area contributed by atoms with Gasteiger partial charge in [0.05, 0.1) is 7.11 Å². The normalized spacial score (nSPS) is 16.0. The molecular weight excluding hydrogens is 458 g/mol. The van der Waals surface area contributed by atoms with E-state index in [4.69, 9.17) is 18.9 Å². The fourth-order valence-electron chi connectivity index (χ4n) is 4.29. The highest BCUT2D eigenvalue weighted by atomic mass is 16.6. The molecule has 0 bridgehead atoms. The lowest BCUT2D eigenvalue weighted by Gasteiger charge is -2.28. The summed E-state index contributed by atoms with van der Waals surface area (Å²) < 4.78 is 22.4. The minimum absolute atomic E-state index is 0.0282. The quantitative estimate of drug-likeness (QED) is 0.336. The largest absolute Gasteiger partial charge is 0.485 e. The Balaban J connectivity index is 1.45. The van der Waals surface area contributed by atoms with E-state index in [1.54, 1.807) is 12.1 Å². The fraction of sp³-hybridized carbons (Fsp3) is 0.310. The van der Waals surface area contributed by atoms with Crippen molar-refractivity contribution < 1.29 is 28.5 Å². The number of methoxy groups -OCH3 is 1. The molecule has 0 saturated carbocycles. The molecule has 0 aromatic heterocycles. The summed E-state index contributed by atoms with van der Waals surface area (Å²) in [4.78, 5) is 23.7. The van der Waals surface area contributed by atoms with Gasteiger partial charge in [0.2, 0.25) is 0 Å². The predicted octanol–water partition coefficient (Wildman–Crippen LogP) is 4.95. The van der Waals surface area contributed by atoms with Crippen molar-refractivity contribution >= 4 is 11.9 Å². The first-order valence-electron chi connectivity index (χ1n) is 12.1. The maximum absolute atomic E-state index is 12.6. The van der Waals surface area contributed by atoms with E-state index in [0.29, 0.717) is 30.3 Å². The number of ether oxygens (including phenoxy) is 4. The zero-order valence-electron chi connectivity index (χ0n) is 20.7. The number of hydrogen-bond acceptors (Lipinski definition) is 7. The molecule has 0 radical (unpaired) electrons. The van der Waals surface area contributed by atoms with Crippen LogP contribution in [0.3, 0.4) is 0 Å². The van der Waals surface area contributed by atoms with Crippen LogP contribution in [0.2, 0.25) is 0 Å². The molecular formula is C29H31NO6. The molecule has 188 valence electrons. The zero-order chi connectivity index (χ0) is 25.5. The van der Waals surface area contributed by atoms with E-state index in [1.807, 2.05) is 48.5 Å². The second-order valence-corrected chi connectivity index (χ2v) is 8.68. The van der Waals surface area contributed by atoms with Crippen LogP contribution < -0.4 is 19.5 Å². The lowest BCUT2D eigenvalue weighted by molar-refractivity contribution is -0.143. The molecule has 0 spiro atoms. The van der Waals surface area contributed by atoms with Crippen LogP contribution in [0.15, 0.2) is 72.8 Å². The Labute approximate surface area is 211 Å². The maximum atomic E-state index is 12.6. The fourth-order valence-corrected chi connectivity index (χ4v) is 4.29. The molecule has 0 aliphatic carbocycles. The Kier molecular flexibility index (Phi) is 8.23. The number of hydrogen-bond donors (Lipinski definition) is 1. The Morgan fingerprint density at radius 3 is 2.44 bits per heavy atom. The van der Waals surface area contributed by atoms with Crippen LogP contribution in [0.25, 0.3) is 0 Å². The van der Waals surface area contributed by atoms with Gasteiger partial charge < -0.3 is 18.9 Å². The Bertz CT molecular complexity index is 1180. The first kappa shape index (κ1) is 25.3. The van der Waals surface area contributed by atoms with Crippen LogP contribution in [0.5, 0.6) is 17.2 Å². The molecule has 0 fully saturated rings. The van der Waals surface area contributed by atoms with Crippen LogP contribution in [-0.2, 0) is 20.7 Å². The third kappa shape index (κ3) is 6.23. The van der Waals surface area contributed by atoms with Crippen LogP contribution in [0.1, 0.15) is 49.1 Å². The van der Waals surface area contributed by atoms with Gasteiger partial charge in [-0.3, -0.25) is 14.9 Å². The van der Waals surface area contributed by atoms with Crippen LogP contribution in [0.4, 0.5) is 0 Å². The van der Waals surface area contributed by atoms with E-state index < -0.39 is 6.04 Å². The Morgan fingerprint density at radius 1 is 1.03 bits per heavy atom. The summed E-state index contributed by atoms with van der Waals surface area (Å²) in [6.07, 6.45) is 1.01. The number of rotatable bonds is 9. The second kappa shape index (κ2) is 11.7. The summed E-state index contributed by atoms with van der Waals surface area (Å²) in [5, 5.41) is 3.47. The first-order valence-corrected chi connectivity index (χ1v) is 12.1. The highest BCUT2D eigenvalue weighted by Crippen LogP contribution is 2.37. The molecule has 3 atom stereocenters. The number of fused-ring (bicyclic) bond motifs is 1. The molecule has 0 saturated heterocycles. The molecule has 7 heteroatoms. The van der Waals surface area contributed by atoms with Gasteiger partial charge >= 0.3 is 11.9 Å². The van der Waals surface area contributed by atoms with Crippen molar-refractivity contribution in [3.63, 3.8) is 0 Å². The van der Waals surface area contributed by atoms with Gasteiger partial charge in [-0.05, 0) is 53.8 Å². The topological polar surface area (TPSA) is 83.1 Å². The SMILES string of the molecule is CCC(NC(Cc1ccc2c(c1)OCC(c1ccc(OC(C)=O)cc1)O2)C(=O)OC)c1ccccc1. The number of benzene rings is 3. The smallest absolute Gasteiger partial charge is 0.323 e. The molecule has 4 rings (SSSR count). The van der Waals surface area contributed by atoms with Crippen molar-refractivity contribution in [3.8, 4) is 17.2 Å². The van der Waals surface area contributed by atoms with E-state index in [2.05, 4.69) is 24.4 Å². The van der Waals surface area contributed by atoms with E-state index >= 15 is 0 Å². The number of carbonyl (C=O) groups is 2. The molecule has 3 unspecified atom stereocenters.